The molecule has 0 fully saturated rings. The summed E-state index contributed by atoms with van der Waals surface area (Å²) >= 11 is 0. The standard InChI is InChI=1S/C19H27NO2/c1-12(2)6-7-14(5)17-9-15(11-20)8-16(13(3)4)18(17)10-19(21)22/h8-9,12-14H,6-7,10H2,1-5H3,(H,21,22). The third-order valence-electron chi connectivity index (χ3n) is 4.11. The van der Waals surface area contributed by atoms with Crippen molar-refractivity contribution in [1.82, 2.24) is 0 Å². The molecule has 1 aromatic carbocycles. The number of benzene rings is 1. The molecule has 1 N–H and O–H groups in total. The second kappa shape index (κ2) is 7.98. The minimum Gasteiger partial charge on any atom is -0.481 e. The molecule has 0 saturated carbocycles. The van der Waals surface area contributed by atoms with Crippen LogP contribution in [0, 0.1) is 17.2 Å². The first-order valence-corrected chi connectivity index (χ1v) is 8.04. The number of aliphatic carboxylic acids is 1. The summed E-state index contributed by atoms with van der Waals surface area (Å²) in [7, 11) is 0. The van der Waals surface area contributed by atoms with E-state index >= 15 is 0 Å². The van der Waals surface area contributed by atoms with Crippen LogP contribution in [0.5, 0.6) is 0 Å². The average Bonchev–Trinajstić information content (AvgIpc) is 2.43. The lowest BCUT2D eigenvalue weighted by atomic mass is 9.83. The molecule has 0 aliphatic carbocycles. The van der Waals surface area contributed by atoms with E-state index in [9.17, 15) is 15.2 Å². The minimum absolute atomic E-state index is 0.0283. The summed E-state index contributed by atoms with van der Waals surface area (Å²) < 4.78 is 0. The van der Waals surface area contributed by atoms with Gasteiger partial charge < -0.3 is 5.11 Å². The van der Waals surface area contributed by atoms with Gasteiger partial charge in [-0.05, 0) is 53.0 Å². The van der Waals surface area contributed by atoms with Gasteiger partial charge in [0, 0.05) is 0 Å². The van der Waals surface area contributed by atoms with Crippen molar-refractivity contribution in [2.75, 3.05) is 0 Å². The predicted molar refractivity (Wildman–Crippen MR) is 89.1 cm³/mol. The van der Waals surface area contributed by atoms with E-state index in [0.717, 1.165) is 29.5 Å². The van der Waals surface area contributed by atoms with Crippen molar-refractivity contribution < 1.29 is 9.90 Å². The van der Waals surface area contributed by atoms with E-state index < -0.39 is 5.97 Å². The molecule has 3 nitrogen and oxygen atoms in total. The zero-order valence-corrected chi connectivity index (χ0v) is 14.3. The molecule has 0 amide bonds. The van der Waals surface area contributed by atoms with Crippen molar-refractivity contribution in [2.24, 2.45) is 5.92 Å². The fraction of sp³-hybridized carbons (Fsp3) is 0.579. The molecular formula is C19H27NO2. The number of carbonyl (C=O) groups is 1. The maximum Gasteiger partial charge on any atom is 0.307 e. The summed E-state index contributed by atoms with van der Waals surface area (Å²) in [6.45, 7) is 10.6. The van der Waals surface area contributed by atoms with E-state index in [1.165, 1.54) is 0 Å². The number of nitriles is 1. The molecule has 0 heterocycles. The Morgan fingerprint density at radius 2 is 1.73 bits per heavy atom. The highest BCUT2D eigenvalue weighted by molar-refractivity contribution is 5.72. The van der Waals surface area contributed by atoms with Gasteiger partial charge >= 0.3 is 5.97 Å². The van der Waals surface area contributed by atoms with Gasteiger partial charge in [-0.25, -0.2) is 0 Å². The number of hydrogen-bond donors (Lipinski definition) is 1. The molecule has 1 unspecified atom stereocenters. The maximum atomic E-state index is 11.3. The van der Waals surface area contributed by atoms with Crippen LogP contribution in [-0.4, -0.2) is 11.1 Å². The van der Waals surface area contributed by atoms with Gasteiger partial charge in [-0.2, -0.15) is 5.26 Å². The van der Waals surface area contributed by atoms with Gasteiger partial charge in [0.15, 0.2) is 0 Å². The lowest BCUT2D eigenvalue weighted by Gasteiger charge is -2.22. The fourth-order valence-corrected chi connectivity index (χ4v) is 2.83. The largest absolute Gasteiger partial charge is 0.481 e. The van der Waals surface area contributed by atoms with Crippen molar-refractivity contribution >= 4 is 5.97 Å². The molecule has 0 aliphatic heterocycles. The van der Waals surface area contributed by atoms with Gasteiger partial charge in [-0.3, -0.25) is 4.79 Å². The van der Waals surface area contributed by atoms with Crippen LogP contribution in [0.25, 0.3) is 0 Å². The molecular weight excluding hydrogens is 274 g/mol. The molecule has 0 spiro atoms. The number of carboxylic acids is 1. The van der Waals surface area contributed by atoms with E-state index in [-0.39, 0.29) is 18.3 Å². The average molecular weight is 301 g/mol. The SMILES string of the molecule is CC(C)CCC(C)c1cc(C#N)cc(C(C)C)c1CC(=O)O. The molecule has 0 bridgehead atoms. The Morgan fingerprint density at radius 3 is 2.18 bits per heavy atom. The smallest absolute Gasteiger partial charge is 0.307 e. The predicted octanol–water partition coefficient (Wildman–Crippen LogP) is 4.85. The molecule has 22 heavy (non-hydrogen) atoms. The number of hydrogen-bond acceptors (Lipinski definition) is 2. The van der Waals surface area contributed by atoms with Crippen LogP contribution in [0.4, 0.5) is 0 Å². The Labute approximate surface area is 134 Å². The van der Waals surface area contributed by atoms with E-state index in [1.54, 1.807) is 0 Å². The number of nitrogens with zero attached hydrogens (tertiary/aromatic N) is 1. The molecule has 0 aliphatic rings. The van der Waals surface area contributed by atoms with Crippen LogP contribution < -0.4 is 0 Å². The lowest BCUT2D eigenvalue weighted by Crippen LogP contribution is -2.11. The first-order chi connectivity index (χ1) is 10.3. The highest BCUT2D eigenvalue weighted by Crippen LogP contribution is 2.32. The van der Waals surface area contributed by atoms with Gasteiger partial charge in [0.25, 0.3) is 0 Å². The molecule has 0 radical (unpaired) electrons. The van der Waals surface area contributed by atoms with Gasteiger partial charge in [-0.15, -0.1) is 0 Å². The third-order valence-corrected chi connectivity index (χ3v) is 4.11. The van der Waals surface area contributed by atoms with Gasteiger partial charge in [0.2, 0.25) is 0 Å². The maximum absolute atomic E-state index is 11.3. The van der Waals surface area contributed by atoms with E-state index in [1.807, 2.05) is 26.0 Å². The van der Waals surface area contributed by atoms with Gasteiger partial charge in [0.05, 0.1) is 18.1 Å². The first-order valence-electron chi connectivity index (χ1n) is 8.04. The first kappa shape index (κ1) is 18.2. The summed E-state index contributed by atoms with van der Waals surface area (Å²) in [5, 5.41) is 18.5. The monoisotopic (exact) mass is 301 g/mol. The highest BCUT2D eigenvalue weighted by Gasteiger charge is 2.20. The van der Waals surface area contributed by atoms with Crippen molar-refractivity contribution in [2.45, 2.75) is 65.7 Å². The third kappa shape index (κ3) is 4.87. The fourth-order valence-electron chi connectivity index (χ4n) is 2.83. The van der Waals surface area contributed by atoms with Crippen molar-refractivity contribution in [3.05, 3.63) is 34.4 Å². The summed E-state index contributed by atoms with van der Waals surface area (Å²) in [5.41, 5.74) is 3.56. The van der Waals surface area contributed by atoms with Crippen LogP contribution in [0.3, 0.4) is 0 Å². The van der Waals surface area contributed by atoms with Crippen LogP contribution in [0.1, 0.15) is 81.5 Å². The highest BCUT2D eigenvalue weighted by atomic mass is 16.4. The van der Waals surface area contributed by atoms with Gasteiger partial charge in [0.1, 0.15) is 0 Å². The van der Waals surface area contributed by atoms with E-state index in [2.05, 4.69) is 26.8 Å². The Kier molecular flexibility index (Phi) is 6.61. The number of rotatable bonds is 7. The summed E-state index contributed by atoms with van der Waals surface area (Å²) in [4.78, 5) is 11.3. The molecule has 1 atom stereocenters. The lowest BCUT2D eigenvalue weighted by molar-refractivity contribution is -0.136. The van der Waals surface area contributed by atoms with Crippen LogP contribution >= 0.6 is 0 Å². The van der Waals surface area contributed by atoms with E-state index in [4.69, 9.17) is 0 Å². The van der Waals surface area contributed by atoms with Crippen LogP contribution in [0.15, 0.2) is 12.1 Å². The minimum atomic E-state index is -0.816. The Bertz CT molecular complexity index is 568. The molecule has 1 aromatic rings. The summed E-state index contributed by atoms with van der Waals surface area (Å²) in [6, 6.07) is 5.95. The second-order valence-corrected chi connectivity index (χ2v) is 6.84. The number of carboxylic acid groups (broad SMARTS) is 1. The summed E-state index contributed by atoms with van der Waals surface area (Å²) in [5.74, 6) is 0.277. The Morgan fingerprint density at radius 1 is 1.14 bits per heavy atom. The molecule has 0 aromatic heterocycles. The van der Waals surface area contributed by atoms with Crippen molar-refractivity contribution in [1.29, 1.82) is 5.26 Å². The molecule has 3 heteroatoms. The topological polar surface area (TPSA) is 61.1 Å². The Hall–Kier alpha value is -1.82. The quantitative estimate of drug-likeness (QED) is 0.783. The van der Waals surface area contributed by atoms with E-state index in [0.29, 0.717) is 11.5 Å². The molecule has 1 rings (SSSR count). The van der Waals surface area contributed by atoms with Crippen LogP contribution in [-0.2, 0) is 11.2 Å². The molecule has 120 valence electrons. The zero-order valence-electron chi connectivity index (χ0n) is 14.3. The van der Waals surface area contributed by atoms with Crippen molar-refractivity contribution in [3.8, 4) is 6.07 Å². The molecule has 0 saturated heterocycles. The second-order valence-electron chi connectivity index (χ2n) is 6.84. The summed E-state index contributed by atoms with van der Waals surface area (Å²) in [6.07, 6.45) is 2.14. The van der Waals surface area contributed by atoms with Crippen LogP contribution in [0.2, 0.25) is 0 Å². The van der Waals surface area contributed by atoms with Gasteiger partial charge in [-0.1, -0.05) is 41.0 Å². The van der Waals surface area contributed by atoms with Crippen molar-refractivity contribution in [3.63, 3.8) is 0 Å². The Balaban J connectivity index is 3.34. The normalized spacial score (nSPS) is 12.5. The zero-order chi connectivity index (χ0) is 16.9.